The van der Waals surface area contributed by atoms with E-state index in [0.29, 0.717) is 5.69 Å². The molecule has 0 aliphatic heterocycles. The third-order valence-electron chi connectivity index (χ3n) is 2.83. The van der Waals surface area contributed by atoms with Gasteiger partial charge in [-0.25, -0.2) is 4.79 Å². The van der Waals surface area contributed by atoms with Crippen LogP contribution in [0.4, 0.5) is 5.69 Å². The van der Waals surface area contributed by atoms with Gasteiger partial charge in [0.1, 0.15) is 0 Å². The number of amides is 1. The fourth-order valence-corrected chi connectivity index (χ4v) is 1.83. The van der Waals surface area contributed by atoms with Crippen LogP contribution in [0.15, 0.2) is 24.3 Å². The van der Waals surface area contributed by atoms with Crippen LogP contribution in [-0.2, 0) is 25.5 Å². The zero-order chi connectivity index (χ0) is 15.2. The van der Waals surface area contributed by atoms with E-state index in [2.05, 4.69) is 10.1 Å². The number of rotatable bonds is 6. The summed E-state index contributed by atoms with van der Waals surface area (Å²) in [6.45, 7) is 1.59. The molecule has 1 unspecified atom stereocenters. The Bertz CT molecular complexity index is 473. The number of nitrogen functional groups attached to an aromatic ring is 1. The number of ether oxygens (including phenoxy) is 2. The first-order chi connectivity index (χ1) is 9.41. The van der Waals surface area contributed by atoms with Gasteiger partial charge in [0.25, 0.3) is 0 Å². The van der Waals surface area contributed by atoms with Gasteiger partial charge in [-0.15, -0.1) is 0 Å². The van der Waals surface area contributed by atoms with Crippen LogP contribution in [-0.4, -0.2) is 38.2 Å². The topological polar surface area (TPSA) is 90.6 Å². The molecule has 110 valence electrons. The Hall–Kier alpha value is -2.08. The molecular weight excluding hydrogens is 260 g/mol. The molecule has 0 saturated heterocycles. The maximum absolute atomic E-state index is 12.0. The molecule has 3 N–H and O–H groups in total. The fourth-order valence-electron chi connectivity index (χ4n) is 1.83. The van der Waals surface area contributed by atoms with E-state index >= 15 is 0 Å². The predicted octanol–water partition coefficient (Wildman–Crippen LogP) is 0.506. The van der Waals surface area contributed by atoms with E-state index in [0.717, 1.165) is 5.56 Å². The van der Waals surface area contributed by atoms with Crippen molar-refractivity contribution >= 4 is 17.6 Å². The van der Waals surface area contributed by atoms with E-state index in [4.69, 9.17) is 10.5 Å². The Morgan fingerprint density at radius 1 is 1.25 bits per heavy atom. The number of anilines is 1. The largest absolute Gasteiger partial charge is 0.467 e. The molecule has 6 heteroatoms. The molecule has 20 heavy (non-hydrogen) atoms. The minimum absolute atomic E-state index is 0.0349. The van der Waals surface area contributed by atoms with Gasteiger partial charge in [-0.05, 0) is 24.6 Å². The molecule has 1 atom stereocenters. The van der Waals surface area contributed by atoms with Gasteiger partial charge in [0.2, 0.25) is 5.91 Å². The van der Waals surface area contributed by atoms with Crippen LogP contribution in [0, 0.1) is 0 Å². The summed E-state index contributed by atoms with van der Waals surface area (Å²) in [6, 6.07) is 6.97. The Balaban J connectivity index is 2.71. The van der Waals surface area contributed by atoms with Crippen molar-refractivity contribution in [3.63, 3.8) is 0 Å². The molecular formula is C14H20N2O4. The highest BCUT2D eigenvalue weighted by Crippen LogP contribution is 2.10. The minimum Gasteiger partial charge on any atom is -0.467 e. The zero-order valence-electron chi connectivity index (χ0n) is 11.9. The lowest BCUT2D eigenvalue weighted by atomic mass is 10.0. The molecule has 0 heterocycles. The molecule has 0 spiro atoms. The summed E-state index contributed by atoms with van der Waals surface area (Å²) in [6.07, 6.45) is 0.149. The monoisotopic (exact) mass is 280 g/mol. The van der Waals surface area contributed by atoms with Crippen LogP contribution >= 0.6 is 0 Å². The number of benzene rings is 1. The molecule has 1 aromatic rings. The summed E-state index contributed by atoms with van der Waals surface area (Å²) >= 11 is 0. The second-order valence-corrected chi connectivity index (χ2v) is 4.72. The molecule has 0 radical (unpaired) electrons. The highest BCUT2D eigenvalue weighted by molar-refractivity contribution is 5.88. The number of nitrogens with one attached hydrogen (secondary N) is 1. The predicted molar refractivity (Wildman–Crippen MR) is 75.0 cm³/mol. The minimum atomic E-state index is -1.20. The molecule has 1 rings (SSSR count). The van der Waals surface area contributed by atoms with E-state index < -0.39 is 11.5 Å². The lowest BCUT2D eigenvalue weighted by Gasteiger charge is -2.27. The van der Waals surface area contributed by atoms with Crippen molar-refractivity contribution in [1.82, 2.24) is 5.32 Å². The van der Waals surface area contributed by atoms with Gasteiger partial charge in [-0.1, -0.05) is 12.1 Å². The normalized spacial score (nSPS) is 13.3. The number of methoxy groups -OCH3 is 2. The highest BCUT2D eigenvalue weighted by atomic mass is 16.5. The molecule has 6 nitrogen and oxygen atoms in total. The summed E-state index contributed by atoms with van der Waals surface area (Å²) in [5.41, 5.74) is 5.82. The molecule has 1 amide bonds. The van der Waals surface area contributed by atoms with Crippen LogP contribution in [0.1, 0.15) is 12.5 Å². The SMILES string of the molecule is COCC(C)(NC(=O)Cc1ccc(N)cc1)C(=O)OC. The average molecular weight is 280 g/mol. The molecule has 0 aromatic heterocycles. The van der Waals surface area contributed by atoms with Crippen molar-refractivity contribution in [1.29, 1.82) is 0 Å². The van der Waals surface area contributed by atoms with Gasteiger partial charge in [0, 0.05) is 12.8 Å². The number of hydrogen-bond acceptors (Lipinski definition) is 5. The van der Waals surface area contributed by atoms with Crippen LogP contribution in [0.2, 0.25) is 0 Å². The Morgan fingerprint density at radius 2 is 1.85 bits per heavy atom. The van der Waals surface area contributed by atoms with Crippen molar-refractivity contribution in [3.05, 3.63) is 29.8 Å². The first-order valence-corrected chi connectivity index (χ1v) is 6.14. The molecule has 1 aromatic carbocycles. The lowest BCUT2D eigenvalue weighted by molar-refractivity contribution is -0.152. The van der Waals surface area contributed by atoms with E-state index in [1.165, 1.54) is 14.2 Å². The van der Waals surface area contributed by atoms with Gasteiger partial charge in [0.15, 0.2) is 5.54 Å². The molecule has 0 bridgehead atoms. The summed E-state index contributed by atoms with van der Waals surface area (Å²) < 4.78 is 9.65. The summed E-state index contributed by atoms with van der Waals surface area (Å²) in [7, 11) is 2.72. The van der Waals surface area contributed by atoms with Gasteiger partial charge < -0.3 is 20.5 Å². The third kappa shape index (κ3) is 4.24. The number of carbonyl (C=O) groups is 2. The lowest BCUT2D eigenvalue weighted by Crippen LogP contribution is -2.56. The van der Waals surface area contributed by atoms with E-state index in [9.17, 15) is 9.59 Å². The number of hydrogen-bond donors (Lipinski definition) is 2. The first-order valence-electron chi connectivity index (χ1n) is 6.14. The van der Waals surface area contributed by atoms with Crippen molar-refractivity contribution in [2.24, 2.45) is 0 Å². The maximum Gasteiger partial charge on any atom is 0.333 e. The van der Waals surface area contributed by atoms with Crippen molar-refractivity contribution in [2.45, 2.75) is 18.9 Å². The molecule has 0 fully saturated rings. The Kier molecular flexibility index (Phi) is 5.52. The first kappa shape index (κ1) is 16.0. The Morgan fingerprint density at radius 3 is 2.35 bits per heavy atom. The van der Waals surface area contributed by atoms with Crippen molar-refractivity contribution < 1.29 is 19.1 Å². The summed E-state index contributed by atoms with van der Waals surface area (Å²) in [5, 5.41) is 2.64. The standard InChI is InChI=1S/C14H20N2O4/c1-14(9-19-2,13(18)20-3)16-12(17)8-10-4-6-11(15)7-5-10/h4-7H,8-9,15H2,1-3H3,(H,16,17). The molecule has 0 saturated carbocycles. The highest BCUT2D eigenvalue weighted by Gasteiger charge is 2.36. The molecule has 0 aliphatic rings. The summed E-state index contributed by atoms with van der Waals surface area (Å²) in [4.78, 5) is 23.7. The van der Waals surface area contributed by atoms with E-state index in [1.54, 1.807) is 31.2 Å². The van der Waals surface area contributed by atoms with Crippen LogP contribution in [0.5, 0.6) is 0 Å². The van der Waals surface area contributed by atoms with Gasteiger partial charge in [0.05, 0.1) is 20.1 Å². The van der Waals surface area contributed by atoms with Gasteiger partial charge in [-0.2, -0.15) is 0 Å². The number of esters is 1. The van der Waals surface area contributed by atoms with Gasteiger partial charge >= 0.3 is 5.97 Å². The van der Waals surface area contributed by atoms with E-state index in [-0.39, 0.29) is 18.9 Å². The quantitative estimate of drug-likeness (QED) is 0.585. The Labute approximate surface area is 118 Å². The van der Waals surface area contributed by atoms with Crippen LogP contribution < -0.4 is 11.1 Å². The van der Waals surface area contributed by atoms with Crippen LogP contribution in [0.3, 0.4) is 0 Å². The molecule has 0 aliphatic carbocycles. The smallest absolute Gasteiger partial charge is 0.333 e. The maximum atomic E-state index is 12.0. The second-order valence-electron chi connectivity index (χ2n) is 4.72. The third-order valence-corrected chi connectivity index (χ3v) is 2.83. The average Bonchev–Trinajstić information content (AvgIpc) is 2.40. The number of nitrogens with two attached hydrogens (primary N) is 1. The van der Waals surface area contributed by atoms with Gasteiger partial charge in [-0.3, -0.25) is 4.79 Å². The summed E-state index contributed by atoms with van der Waals surface area (Å²) in [5.74, 6) is -0.843. The van der Waals surface area contributed by atoms with Crippen molar-refractivity contribution in [3.8, 4) is 0 Å². The zero-order valence-corrected chi connectivity index (χ0v) is 11.9. The second kappa shape index (κ2) is 6.91. The van der Waals surface area contributed by atoms with Crippen LogP contribution in [0.25, 0.3) is 0 Å². The number of carbonyl (C=O) groups excluding carboxylic acids is 2. The van der Waals surface area contributed by atoms with Crippen molar-refractivity contribution in [2.75, 3.05) is 26.6 Å². The van der Waals surface area contributed by atoms with E-state index in [1.807, 2.05) is 0 Å². The fraction of sp³-hybridized carbons (Fsp3) is 0.429.